The first-order valence-electron chi connectivity index (χ1n) is 7.25. The minimum absolute atomic E-state index is 0.0678. The zero-order chi connectivity index (χ0) is 18.8. The summed E-state index contributed by atoms with van der Waals surface area (Å²) in [6.07, 6.45) is 1.49. The molecule has 26 heavy (non-hydrogen) atoms. The number of nitrogens with one attached hydrogen (secondary N) is 1. The fourth-order valence-corrected chi connectivity index (χ4v) is 3.20. The molecule has 0 spiro atoms. The molecule has 0 radical (unpaired) electrons. The van der Waals surface area contributed by atoms with E-state index in [4.69, 9.17) is 16.0 Å². The molecule has 0 saturated carbocycles. The van der Waals surface area contributed by atoms with Gasteiger partial charge in [0.05, 0.1) is 10.9 Å². The van der Waals surface area contributed by atoms with Crippen molar-refractivity contribution in [2.24, 2.45) is 4.99 Å². The van der Waals surface area contributed by atoms with Gasteiger partial charge in [0.1, 0.15) is 11.5 Å². The van der Waals surface area contributed by atoms with Gasteiger partial charge in [-0.05, 0) is 42.1 Å². The molecule has 1 aliphatic rings. The number of halogens is 1. The number of benzene rings is 1. The molecule has 0 bridgehead atoms. The number of aliphatic imine (C=N–C) groups is 1. The van der Waals surface area contributed by atoms with Gasteiger partial charge >= 0.3 is 0 Å². The van der Waals surface area contributed by atoms with Crippen LogP contribution in [-0.4, -0.2) is 23.0 Å². The fraction of sp³-hybridized carbons (Fsp3) is 0.0588. The maximum absolute atomic E-state index is 11.8. The maximum atomic E-state index is 11.8. The van der Waals surface area contributed by atoms with Crippen molar-refractivity contribution < 1.29 is 23.9 Å². The number of hydrogen-bond donors (Lipinski definition) is 1. The Hall–Kier alpha value is -2.84. The van der Waals surface area contributed by atoms with Crippen LogP contribution in [0.4, 0.5) is 0 Å². The second-order valence-corrected chi connectivity index (χ2v) is 6.64. The van der Waals surface area contributed by atoms with Crippen LogP contribution in [0, 0.1) is 0 Å². The van der Waals surface area contributed by atoms with Crippen LogP contribution in [0.2, 0.25) is 5.02 Å². The smallest absolute Gasteiger partial charge is 0.286 e. The van der Waals surface area contributed by atoms with Crippen LogP contribution in [0.5, 0.6) is 0 Å². The lowest BCUT2D eigenvalue weighted by atomic mass is 10.1. The third-order valence-corrected chi connectivity index (χ3v) is 4.50. The Balaban J connectivity index is 1.83. The second kappa shape index (κ2) is 7.19. The normalized spacial score (nSPS) is 15.2. The number of rotatable bonds is 3. The van der Waals surface area contributed by atoms with Crippen LogP contribution in [0.25, 0.3) is 17.4 Å². The molecule has 1 aliphatic heterocycles. The van der Waals surface area contributed by atoms with Gasteiger partial charge in [0.15, 0.2) is 5.17 Å². The average molecular weight is 390 g/mol. The Kier molecular flexibility index (Phi) is 4.97. The minimum atomic E-state index is -1.39. The number of carboxylic acid groups (broad SMARTS) is 1. The van der Waals surface area contributed by atoms with Gasteiger partial charge in [0.2, 0.25) is 5.91 Å². The van der Waals surface area contributed by atoms with E-state index in [0.717, 1.165) is 11.8 Å². The van der Waals surface area contributed by atoms with E-state index in [2.05, 4.69) is 10.3 Å². The largest absolute Gasteiger partial charge is 0.545 e. The summed E-state index contributed by atoms with van der Waals surface area (Å²) < 4.78 is 5.63. The summed E-state index contributed by atoms with van der Waals surface area (Å²) in [4.78, 5) is 38.0. The van der Waals surface area contributed by atoms with Crippen LogP contribution in [-0.2, 0) is 9.59 Å². The first-order chi connectivity index (χ1) is 12.3. The van der Waals surface area contributed by atoms with Crippen LogP contribution in [0.3, 0.4) is 0 Å². The van der Waals surface area contributed by atoms with Gasteiger partial charge in [-0.1, -0.05) is 11.6 Å². The van der Waals surface area contributed by atoms with Crippen molar-refractivity contribution >= 4 is 52.4 Å². The lowest BCUT2D eigenvalue weighted by Gasteiger charge is -2.06. The molecule has 0 fully saturated rings. The Morgan fingerprint density at radius 2 is 2.08 bits per heavy atom. The molecule has 3 rings (SSSR count). The Bertz CT molecular complexity index is 993. The first-order valence-corrected chi connectivity index (χ1v) is 8.44. The number of carbonyl (C=O) groups is 3. The van der Waals surface area contributed by atoms with Crippen LogP contribution in [0.15, 0.2) is 44.6 Å². The molecule has 2 amide bonds. The van der Waals surface area contributed by atoms with E-state index >= 15 is 0 Å². The number of furan rings is 1. The molecule has 132 valence electrons. The van der Waals surface area contributed by atoms with Crippen molar-refractivity contribution in [2.45, 2.75) is 6.92 Å². The number of aromatic carboxylic acids is 1. The Morgan fingerprint density at radius 1 is 1.31 bits per heavy atom. The van der Waals surface area contributed by atoms with Gasteiger partial charge in [-0.2, -0.15) is 4.99 Å². The predicted octanol–water partition coefficient (Wildman–Crippen LogP) is 2.07. The van der Waals surface area contributed by atoms with Crippen molar-refractivity contribution in [3.05, 3.63) is 51.6 Å². The number of amidine groups is 1. The number of thioether (sulfide) groups is 1. The van der Waals surface area contributed by atoms with Gasteiger partial charge in [0.25, 0.3) is 5.91 Å². The van der Waals surface area contributed by atoms with E-state index in [1.165, 1.54) is 25.1 Å². The molecule has 1 aromatic carbocycles. The van der Waals surface area contributed by atoms with E-state index in [0.29, 0.717) is 22.0 Å². The molecule has 0 aliphatic carbocycles. The molecule has 2 aromatic rings. The van der Waals surface area contributed by atoms with E-state index in [9.17, 15) is 19.5 Å². The molecule has 1 aromatic heterocycles. The molecule has 0 unspecified atom stereocenters. The highest BCUT2D eigenvalue weighted by Gasteiger charge is 2.23. The second-order valence-electron chi connectivity index (χ2n) is 5.20. The van der Waals surface area contributed by atoms with Crippen molar-refractivity contribution in [3.8, 4) is 11.3 Å². The number of carbonyl (C=O) groups excluding carboxylic acids is 3. The van der Waals surface area contributed by atoms with Crippen LogP contribution in [0.1, 0.15) is 23.0 Å². The highest BCUT2D eigenvalue weighted by atomic mass is 35.5. The number of carboxylic acids is 1. The SMILES string of the molecule is CC(=O)NC1=NC(=O)/C(=C/c2ccc(-c3ccc(Cl)c(C(=O)[O-])c3)o2)S1. The van der Waals surface area contributed by atoms with Crippen LogP contribution < -0.4 is 10.4 Å². The number of hydrogen-bond acceptors (Lipinski definition) is 6. The standard InChI is InChI=1S/C17H11ClN2O5S/c1-8(21)19-17-20-15(22)14(26-17)7-10-3-5-13(25-10)9-2-4-12(18)11(6-9)16(23)24/h2-7H,1H3,(H,23,24)(H,19,20,21,22)/p-1/b14-7-. The molecule has 0 atom stereocenters. The summed E-state index contributed by atoms with van der Waals surface area (Å²) in [6.45, 7) is 1.32. The monoisotopic (exact) mass is 389 g/mol. The van der Waals surface area contributed by atoms with Crippen molar-refractivity contribution in [3.63, 3.8) is 0 Å². The van der Waals surface area contributed by atoms with Gasteiger partial charge in [-0.15, -0.1) is 0 Å². The average Bonchev–Trinajstić information content (AvgIpc) is 3.14. The highest BCUT2D eigenvalue weighted by Crippen LogP contribution is 2.31. The van der Waals surface area contributed by atoms with Crippen molar-refractivity contribution in [1.29, 1.82) is 0 Å². The number of amides is 2. The number of nitrogens with zero attached hydrogens (tertiary/aromatic N) is 1. The Morgan fingerprint density at radius 3 is 2.77 bits per heavy atom. The third kappa shape index (κ3) is 3.87. The molecule has 0 saturated heterocycles. The summed E-state index contributed by atoms with van der Waals surface area (Å²) in [5.74, 6) is -1.42. The van der Waals surface area contributed by atoms with Gasteiger partial charge in [-0.3, -0.25) is 9.59 Å². The summed E-state index contributed by atoms with van der Waals surface area (Å²) in [6, 6.07) is 7.65. The van der Waals surface area contributed by atoms with Gasteiger partial charge in [-0.25, -0.2) is 0 Å². The zero-order valence-corrected chi connectivity index (χ0v) is 14.8. The fourth-order valence-electron chi connectivity index (χ4n) is 2.16. The Labute approximate surface area is 156 Å². The van der Waals surface area contributed by atoms with E-state index in [1.54, 1.807) is 18.2 Å². The van der Waals surface area contributed by atoms with E-state index in [1.807, 2.05) is 0 Å². The summed E-state index contributed by atoms with van der Waals surface area (Å²) in [5.41, 5.74) is 0.356. The zero-order valence-electron chi connectivity index (χ0n) is 13.2. The van der Waals surface area contributed by atoms with E-state index < -0.39 is 11.9 Å². The molecule has 7 nitrogen and oxygen atoms in total. The van der Waals surface area contributed by atoms with Crippen LogP contribution >= 0.6 is 23.4 Å². The van der Waals surface area contributed by atoms with Crippen molar-refractivity contribution in [2.75, 3.05) is 0 Å². The predicted molar refractivity (Wildman–Crippen MR) is 95.3 cm³/mol. The van der Waals surface area contributed by atoms with E-state index in [-0.39, 0.29) is 21.7 Å². The minimum Gasteiger partial charge on any atom is -0.545 e. The maximum Gasteiger partial charge on any atom is 0.286 e. The molecule has 2 heterocycles. The molecular weight excluding hydrogens is 380 g/mol. The summed E-state index contributed by atoms with van der Waals surface area (Å²) >= 11 is 6.84. The molecule has 1 N–H and O–H groups in total. The molecule has 9 heteroatoms. The summed E-state index contributed by atoms with van der Waals surface area (Å²) in [5, 5.41) is 13.8. The lowest BCUT2D eigenvalue weighted by molar-refractivity contribution is -0.255. The van der Waals surface area contributed by atoms with Crippen molar-refractivity contribution in [1.82, 2.24) is 5.32 Å². The quantitative estimate of drug-likeness (QED) is 0.804. The first kappa shape index (κ1) is 18.0. The van der Waals surface area contributed by atoms with Gasteiger partial charge in [0, 0.05) is 29.1 Å². The lowest BCUT2D eigenvalue weighted by Crippen LogP contribution is -2.23. The molecular formula is C17H10ClN2O5S-. The third-order valence-electron chi connectivity index (χ3n) is 3.27. The highest BCUT2D eigenvalue weighted by molar-refractivity contribution is 8.18. The summed E-state index contributed by atoms with van der Waals surface area (Å²) in [7, 11) is 0. The van der Waals surface area contributed by atoms with Gasteiger partial charge < -0.3 is 19.6 Å². The topological polar surface area (TPSA) is 112 Å².